The second-order valence-electron chi connectivity index (χ2n) is 6.17. The van der Waals surface area contributed by atoms with Gasteiger partial charge in [-0.15, -0.1) is 0 Å². The first kappa shape index (κ1) is 17.8. The molecule has 132 valence electrons. The molecule has 0 radical (unpaired) electrons. The predicted molar refractivity (Wildman–Crippen MR) is 103 cm³/mol. The smallest absolute Gasteiger partial charge is 0.272 e. The molecule has 0 aliphatic carbocycles. The molecule has 0 aliphatic rings. The average Bonchev–Trinajstić information content (AvgIpc) is 2.69. The van der Waals surface area contributed by atoms with Gasteiger partial charge < -0.3 is 5.32 Å². The minimum atomic E-state index is -0.323. The quantitative estimate of drug-likeness (QED) is 0.503. The van der Waals surface area contributed by atoms with Crippen LogP contribution in [0, 0.1) is 10.1 Å². The van der Waals surface area contributed by atoms with Crippen LogP contribution in [0.25, 0.3) is 11.1 Å². The first-order valence-electron chi connectivity index (χ1n) is 8.61. The van der Waals surface area contributed by atoms with E-state index in [1.165, 1.54) is 5.56 Å². The summed E-state index contributed by atoms with van der Waals surface area (Å²) in [5.41, 5.74) is 4.42. The third-order valence-corrected chi connectivity index (χ3v) is 4.46. The van der Waals surface area contributed by atoms with E-state index in [9.17, 15) is 10.1 Å². The number of hydrogen-bond donors (Lipinski definition) is 1. The Balaban J connectivity index is 1.59. The van der Waals surface area contributed by atoms with Crippen LogP contribution >= 0.6 is 0 Å². The highest BCUT2D eigenvalue weighted by molar-refractivity contribution is 5.62. The summed E-state index contributed by atoms with van der Waals surface area (Å²) >= 11 is 0. The van der Waals surface area contributed by atoms with Crippen LogP contribution in [0.15, 0.2) is 73.1 Å². The average molecular weight is 347 g/mol. The van der Waals surface area contributed by atoms with Gasteiger partial charge in [-0.2, -0.15) is 0 Å². The molecule has 0 aliphatic heterocycles. The fourth-order valence-electron chi connectivity index (χ4n) is 2.95. The van der Waals surface area contributed by atoms with Crippen LogP contribution in [0.3, 0.4) is 0 Å². The first-order chi connectivity index (χ1) is 12.6. The second kappa shape index (κ2) is 8.36. The number of nitrogens with one attached hydrogen (secondary N) is 1. The van der Waals surface area contributed by atoms with E-state index in [0.29, 0.717) is 13.0 Å². The van der Waals surface area contributed by atoms with Crippen molar-refractivity contribution in [1.82, 2.24) is 10.3 Å². The fourth-order valence-corrected chi connectivity index (χ4v) is 2.95. The molecule has 1 N–H and O–H groups in total. The molecule has 0 amide bonds. The van der Waals surface area contributed by atoms with E-state index in [1.807, 2.05) is 24.3 Å². The Morgan fingerprint density at radius 2 is 1.65 bits per heavy atom. The lowest BCUT2D eigenvalue weighted by Crippen LogP contribution is -2.21. The van der Waals surface area contributed by atoms with Gasteiger partial charge >= 0.3 is 0 Å². The lowest BCUT2D eigenvalue weighted by molar-refractivity contribution is -0.385. The summed E-state index contributed by atoms with van der Waals surface area (Å²) in [6.45, 7) is 2.78. The van der Waals surface area contributed by atoms with Crippen LogP contribution in [0.2, 0.25) is 0 Å². The lowest BCUT2D eigenvalue weighted by atomic mass is 10.0. The Morgan fingerprint density at radius 3 is 2.35 bits per heavy atom. The number of benzene rings is 2. The van der Waals surface area contributed by atoms with Crippen molar-refractivity contribution in [3.8, 4) is 11.1 Å². The molecular weight excluding hydrogens is 326 g/mol. The Hall–Kier alpha value is -3.05. The minimum absolute atomic E-state index is 0.171. The molecule has 0 fully saturated rings. The highest BCUT2D eigenvalue weighted by atomic mass is 16.6. The maximum Gasteiger partial charge on any atom is 0.272 e. The number of rotatable bonds is 7. The van der Waals surface area contributed by atoms with Crippen molar-refractivity contribution < 1.29 is 4.92 Å². The highest BCUT2D eigenvalue weighted by Crippen LogP contribution is 2.22. The third kappa shape index (κ3) is 4.32. The second-order valence-corrected chi connectivity index (χ2v) is 6.17. The molecule has 1 aromatic heterocycles. The predicted octanol–water partition coefficient (Wildman–Crippen LogP) is 4.55. The zero-order chi connectivity index (χ0) is 18.4. The van der Waals surface area contributed by atoms with Crippen LogP contribution < -0.4 is 5.32 Å². The first-order valence-corrected chi connectivity index (χ1v) is 8.61. The summed E-state index contributed by atoms with van der Waals surface area (Å²) in [6, 6.07) is 19.5. The van der Waals surface area contributed by atoms with Crippen LogP contribution in [0.5, 0.6) is 0 Å². The zero-order valence-corrected chi connectivity index (χ0v) is 14.6. The standard InChI is InChI=1S/C21H21N3O2/c1-16(23-15-12-20-4-2-3-5-21(20)24(25)26)17-6-8-18(9-7-17)19-10-13-22-14-11-19/h2-11,13-14,16,23H,12,15H2,1H3. The van der Waals surface area contributed by atoms with Crippen molar-refractivity contribution in [2.24, 2.45) is 0 Å². The number of nitrogens with zero attached hydrogens (tertiary/aromatic N) is 2. The van der Waals surface area contributed by atoms with E-state index in [2.05, 4.69) is 41.5 Å². The monoisotopic (exact) mass is 347 g/mol. The molecule has 0 bridgehead atoms. The summed E-state index contributed by atoms with van der Waals surface area (Å²) in [4.78, 5) is 14.8. The van der Waals surface area contributed by atoms with Gasteiger partial charge in [0.2, 0.25) is 0 Å². The van der Waals surface area contributed by atoms with Crippen molar-refractivity contribution in [3.63, 3.8) is 0 Å². The number of nitro benzene ring substituents is 1. The minimum Gasteiger partial charge on any atom is -0.310 e. The van der Waals surface area contributed by atoms with Gasteiger partial charge in [0.1, 0.15) is 0 Å². The van der Waals surface area contributed by atoms with Crippen molar-refractivity contribution in [2.75, 3.05) is 6.54 Å². The molecule has 0 saturated carbocycles. The Morgan fingerprint density at radius 1 is 1.00 bits per heavy atom. The molecule has 5 nitrogen and oxygen atoms in total. The van der Waals surface area contributed by atoms with E-state index in [1.54, 1.807) is 24.5 Å². The molecule has 0 spiro atoms. The summed E-state index contributed by atoms with van der Waals surface area (Å²) < 4.78 is 0. The Kier molecular flexibility index (Phi) is 5.71. The maximum atomic E-state index is 11.1. The van der Waals surface area contributed by atoms with Gasteiger partial charge in [0.05, 0.1) is 4.92 Å². The van der Waals surface area contributed by atoms with Gasteiger partial charge in [-0.25, -0.2) is 0 Å². The van der Waals surface area contributed by atoms with Crippen molar-refractivity contribution in [1.29, 1.82) is 0 Å². The Bertz CT molecular complexity index is 864. The van der Waals surface area contributed by atoms with E-state index < -0.39 is 0 Å². The SMILES string of the molecule is CC(NCCc1ccccc1[N+](=O)[O-])c1ccc(-c2ccncc2)cc1. The number of para-hydroxylation sites is 1. The van der Waals surface area contributed by atoms with E-state index in [0.717, 1.165) is 16.7 Å². The molecular formula is C21H21N3O2. The van der Waals surface area contributed by atoms with Gasteiger partial charge in [-0.3, -0.25) is 15.1 Å². The summed E-state index contributed by atoms with van der Waals surface area (Å²) in [6.07, 6.45) is 4.20. The normalized spacial score (nSPS) is 11.9. The molecule has 5 heteroatoms. The van der Waals surface area contributed by atoms with Crippen molar-refractivity contribution in [2.45, 2.75) is 19.4 Å². The largest absolute Gasteiger partial charge is 0.310 e. The number of nitro groups is 1. The number of hydrogen-bond acceptors (Lipinski definition) is 4. The van der Waals surface area contributed by atoms with Gasteiger partial charge in [0, 0.05) is 30.1 Å². The molecule has 1 unspecified atom stereocenters. The molecule has 26 heavy (non-hydrogen) atoms. The maximum absolute atomic E-state index is 11.1. The topological polar surface area (TPSA) is 68.1 Å². The van der Waals surface area contributed by atoms with Crippen LogP contribution in [0.1, 0.15) is 24.1 Å². The van der Waals surface area contributed by atoms with Gasteiger partial charge in [0.25, 0.3) is 5.69 Å². The van der Waals surface area contributed by atoms with Crippen molar-refractivity contribution in [3.05, 3.63) is 94.3 Å². The van der Waals surface area contributed by atoms with E-state index >= 15 is 0 Å². The van der Waals surface area contributed by atoms with Crippen LogP contribution in [0.4, 0.5) is 5.69 Å². The number of aromatic nitrogens is 1. The third-order valence-electron chi connectivity index (χ3n) is 4.46. The summed E-state index contributed by atoms with van der Waals surface area (Å²) in [7, 11) is 0. The van der Waals surface area contributed by atoms with E-state index in [4.69, 9.17) is 0 Å². The summed E-state index contributed by atoms with van der Waals surface area (Å²) in [5.74, 6) is 0. The van der Waals surface area contributed by atoms with Crippen molar-refractivity contribution >= 4 is 5.69 Å². The Labute approximate surface area is 152 Å². The van der Waals surface area contributed by atoms with Gasteiger partial charge in [-0.05, 0) is 48.7 Å². The summed E-state index contributed by atoms with van der Waals surface area (Å²) in [5, 5.41) is 14.5. The molecule has 2 aromatic carbocycles. The highest BCUT2D eigenvalue weighted by Gasteiger charge is 2.12. The fraction of sp³-hybridized carbons (Fsp3) is 0.190. The van der Waals surface area contributed by atoms with Crippen LogP contribution in [-0.4, -0.2) is 16.5 Å². The zero-order valence-electron chi connectivity index (χ0n) is 14.6. The van der Waals surface area contributed by atoms with Gasteiger partial charge in [-0.1, -0.05) is 42.5 Å². The molecule has 0 saturated heterocycles. The van der Waals surface area contributed by atoms with E-state index in [-0.39, 0.29) is 16.7 Å². The van der Waals surface area contributed by atoms with Gasteiger partial charge in [0.15, 0.2) is 0 Å². The molecule has 1 heterocycles. The van der Waals surface area contributed by atoms with Crippen LogP contribution in [-0.2, 0) is 6.42 Å². The molecule has 3 rings (SSSR count). The lowest BCUT2D eigenvalue weighted by Gasteiger charge is -2.15. The number of pyridine rings is 1. The molecule has 1 atom stereocenters. The molecule has 3 aromatic rings.